The van der Waals surface area contributed by atoms with Crippen LogP contribution < -0.4 is 5.32 Å². The second-order valence-corrected chi connectivity index (χ2v) is 9.11. The van der Waals surface area contributed by atoms with Gasteiger partial charge in [-0.2, -0.15) is 0 Å². The number of hydrogen-bond donors (Lipinski definition) is 11. The second kappa shape index (κ2) is 12.8. The first-order valence-corrected chi connectivity index (χ1v) is 11.6. The van der Waals surface area contributed by atoms with E-state index >= 15 is 0 Å². The third-order valence-electron chi connectivity index (χ3n) is 6.47. The van der Waals surface area contributed by atoms with E-state index in [4.69, 9.17) is 23.7 Å². The monoisotopic (exact) mass is 545 g/mol. The maximum Gasteiger partial charge on any atom is 0.217 e. The van der Waals surface area contributed by atoms with Crippen molar-refractivity contribution in [3.8, 4) is 0 Å². The highest BCUT2D eigenvalue weighted by Gasteiger charge is 2.51. The third kappa shape index (κ3) is 6.55. The average Bonchev–Trinajstić information content (AvgIpc) is 2.86. The Hall–Kier alpha value is -1.13. The Morgan fingerprint density at radius 2 is 1.30 bits per heavy atom. The molecule has 1 amide bonds. The van der Waals surface area contributed by atoms with E-state index in [1.54, 1.807) is 0 Å². The molecule has 0 aliphatic carbocycles. The first-order chi connectivity index (χ1) is 17.4. The van der Waals surface area contributed by atoms with Crippen LogP contribution in [0.2, 0.25) is 0 Å². The molecule has 0 aromatic heterocycles. The molecule has 11 N–H and O–H groups in total. The van der Waals surface area contributed by atoms with Crippen molar-refractivity contribution in [3.05, 3.63) is 0 Å². The molecule has 0 bridgehead atoms. The predicted molar refractivity (Wildman–Crippen MR) is 113 cm³/mol. The van der Waals surface area contributed by atoms with Crippen LogP contribution in [0.15, 0.2) is 0 Å². The van der Waals surface area contributed by atoms with Gasteiger partial charge in [0.05, 0.1) is 19.8 Å². The molecule has 0 spiro atoms. The Bertz CT molecular complexity index is 745. The lowest BCUT2D eigenvalue weighted by molar-refractivity contribution is -0.360. The Morgan fingerprint density at radius 1 is 0.703 bits per heavy atom. The lowest BCUT2D eigenvalue weighted by Crippen LogP contribution is -2.66. The standard InChI is InChI=1S/C20H35NO16/c1-5(24)21-9-12(27)10(25)6(2-22)35-19(9)33-4-8-11(26)13(28)16(31)20(36-8)37-17-7(3-23)34-18(32)15(30)14(17)29/h6-20,22-23,25-32H,2-4H2,1H3,(H,21,24)/t6-,7-,8-,9-,10-,11-,12-,13+,14-,15-,16-,17-,18?,19-,20-/m1/s1. The fraction of sp³-hybridized carbons (Fsp3) is 0.950. The van der Waals surface area contributed by atoms with Gasteiger partial charge in [-0.1, -0.05) is 0 Å². The molecular formula is C20H35NO16. The number of ether oxygens (including phenoxy) is 5. The number of carbonyl (C=O) groups is 1. The molecule has 0 radical (unpaired) electrons. The number of carbonyl (C=O) groups excluding carboxylic acids is 1. The minimum Gasteiger partial charge on any atom is -0.394 e. The Kier molecular flexibility index (Phi) is 10.5. The van der Waals surface area contributed by atoms with Crippen molar-refractivity contribution in [2.75, 3.05) is 19.8 Å². The number of hydrogen-bond acceptors (Lipinski definition) is 16. The van der Waals surface area contributed by atoms with Crippen molar-refractivity contribution < 1.29 is 79.5 Å². The zero-order valence-corrected chi connectivity index (χ0v) is 19.7. The molecule has 0 aromatic rings. The van der Waals surface area contributed by atoms with E-state index in [9.17, 15) is 55.9 Å². The fourth-order valence-corrected chi connectivity index (χ4v) is 4.36. The summed E-state index contributed by atoms with van der Waals surface area (Å²) in [6, 6.07) is -1.30. The van der Waals surface area contributed by atoms with E-state index in [1.165, 1.54) is 0 Å². The van der Waals surface area contributed by atoms with Crippen LogP contribution in [0.25, 0.3) is 0 Å². The summed E-state index contributed by atoms with van der Waals surface area (Å²) in [5.74, 6) is -0.601. The van der Waals surface area contributed by atoms with Gasteiger partial charge in [-0.25, -0.2) is 0 Å². The minimum absolute atomic E-state index is 0.596. The number of aliphatic hydroxyl groups excluding tert-OH is 10. The second-order valence-electron chi connectivity index (χ2n) is 9.11. The van der Waals surface area contributed by atoms with E-state index < -0.39 is 118 Å². The molecule has 0 aromatic carbocycles. The molecule has 216 valence electrons. The summed E-state index contributed by atoms with van der Waals surface area (Å²) in [5, 5.41) is 103. The first-order valence-electron chi connectivity index (χ1n) is 11.6. The van der Waals surface area contributed by atoms with Gasteiger partial charge in [0.25, 0.3) is 0 Å². The van der Waals surface area contributed by atoms with E-state index in [0.717, 1.165) is 6.92 Å². The van der Waals surface area contributed by atoms with Crippen molar-refractivity contribution >= 4 is 5.91 Å². The van der Waals surface area contributed by atoms with Gasteiger partial charge in [0.15, 0.2) is 18.9 Å². The van der Waals surface area contributed by atoms with Crippen LogP contribution in [0, 0.1) is 0 Å². The fourth-order valence-electron chi connectivity index (χ4n) is 4.36. The van der Waals surface area contributed by atoms with Gasteiger partial charge in [0.1, 0.15) is 73.2 Å². The molecule has 3 heterocycles. The van der Waals surface area contributed by atoms with Crippen LogP contribution in [-0.4, -0.2) is 169 Å². The Morgan fingerprint density at radius 3 is 1.89 bits per heavy atom. The zero-order chi connectivity index (χ0) is 27.6. The Labute approximate surface area is 210 Å². The van der Waals surface area contributed by atoms with E-state index in [2.05, 4.69) is 5.32 Å². The highest BCUT2D eigenvalue weighted by Crippen LogP contribution is 2.30. The van der Waals surface area contributed by atoms with Gasteiger partial charge >= 0.3 is 0 Å². The molecule has 17 heteroatoms. The Balaban J connectivity index is 1.71. The molecule has 3 rings (SSSR count). The number of rotatable bonds is 8. The molecular weight excluding hydrogens is 510 g/mol. The van der Waals surface area contributed by atoms with Crippen LogP contribution >= 0.6 is 0 Å². The van der Waals surface area contributed by atoms with Crippen LogP contribution in [-0.2, 0) is 28.5 Å². The molecule has 0 saturated carbocycles. The predicted octanol–water partition coefficient (Wildman–Crippen LogP) is -7.43. The van der Waals surface area contributed by atoms with Gasteiger partial charge in [-0.3, -0.25) is 4.79 Å². The summed E-state index contributed by atoms with van der Waals surface area (Å²) in [7, 11) is 0. The SMILES string of the molecule is CC(=O)N[C@H]1[C@H](OC[C@H]2O[C@H](O[C@H]3[C@H](O)[C@@H](O)C(O)O[C@@H]3CO)[C@H](O)[C@@H](O)[C@@H]2O)O[C@H](CO)[C@@H](O)[C@@H]1O. The highest BCUT2D eigenvalue weighted by atomic mass is 16.7. The molecule has 37 heavy (non-hydrogen) atoms. The smallest absolute Gasteiger partial charge is 0.217 e. The maximum absolute atomic E-state index is 11.6. The lowest BCUT2D eigenvalue weighted by atomic mass is 9.96. The maximum atomic E-state index is 11.6. The van der Waals surface area contributed by atoms with E-state index in [0.29, 0.717) is 0 Å². The summed E-state index contributed by atoms with van der Waals surface area (Å²) in [5.41, 5.74) is 0. The van der Waals surface area contributed by atoms with Crippen LogP contribution in [0.5, 0.6) is 0 Å². The van der Waals surface area contributed by atoms with Crippen molar-refractivity contribution in [1.29, 1.82) is 0 Å². The molecule has 15 atom stereocenters. The number of amides is 1. The summed E-state index contributed by atoms with van der Waals surface area (Å²) >= 11 is 0. The van der Waals surface area contributed by atoms with Gasteiger partial charge in [-0.05, 0) is 0 Å². The van der Waals surface area contributed by atoms with Crippen LogP contribution in [0.4, 0.5) is 0 Å². The molecule has 3 saturated heterocycles. The van der Waals surface area contributed by atoms with E-state index in [1.807, 2.05) is 0 Å². The highest BCUT2D eigenvalue weighted by molar-refractivity contribution is 5.73. The summed E-state index contributed by atoms with van der Waals surface area (Å²) in [6.45, 7) is -0.926. The first kappa shape index (κ1) is 30.4. The largest absolute Gasteiger partial charge is 0.394 e. The number of nitrogens with one attached hydrogen (secondary N) is 1. The summed E-state index contributed by atoms with van der Waals surface area (Å²) < 4.78 is 26.9. The zero-order valence-electron chi connectivity index (χ0n) is 19.7. The van der Waals surface area contributed by atoms with E-state index in [-0.39, 0.29) is 0 Å². The molecule has 1 unspecified atom stereocenters. The van der Waals surface area contributed by atoms with Crippen LogP contribution in [0.1, 0.15) is 6.92 Å². The lowest BCUT2D eigenvalue weighted by Gasteiger charge is -2.46. The molecule has 3 fully saturated rings. The van der Waals surface area contributed by atoms with Gasteiger partial charge in [0, 0.05) is 6.92 Å². The van der Waals surface area contributed by atoms with Crippen molar-refractivity contribution in [3.63, 3.8) is 0 Å². The molecule has 17 nitrogen and oxygen atoms in total. The minimum atomic E-state index is -1.88. The van der Waals surface area contributed by atoms with Crippen molar-refractivity contribution in [1.82, 2.24) is 5.32 Å². The quantitative estimate of drug-likeness (QED) is 0.135. The van der Waals surface area contributed by atoms with Gasteiger partial charge in [-0.15, -0.1) is 0 Å². The average molecular weight is 545 g/mol. The molecule has 3 aliphatic rings. The van der Waals surface area contributed by atoms with Gasteiger partial charge in [0.2, 0.25) is 5.91 Å². The van der Waals surface area contributed by atoms with Crippen LogP contribution in [0.3, 0.4) is 0 Å². The van der Waals surface area contributed by atoms with Crippen molar-refractivity contribution in [2.24, 2.45) is 0 Å². The summed E-state index contributed by atoms with van der Waals surface area (Å²) in [6.07, 6.45) is -23.0. The third-order valence-corrected chi connectivity index (χ3v) is 6.47. The normalized spacial score (nSPS) is 49.0. The molecule has 3 aliphatic heterocycles. The topological polar surface area (TPSA) is 278 Å². The summed E-state index contributed by atoms with van der Waals surface area (Å²) in [4.78, 5) is 11.6. The van der Waals surface area contributed by atoms with Crippen molar-refractivity contribution in [2.45, 2.75) is 99.0 Å². The number of aliphatic hydroxyl groups is 10. The van der Waals surface area contributed by atoms with Gasteiger partial charge < -0.3 is 80.1 Å².